The number of aryl methyl sites for hydroxylation is 1. The van der Waals surface area contributed by atoms with E-state index in [1.807, 2.05) is 61.5 Å². The molecular formula is C21H16N2O2S. The van der Waals surface area contributed by atoms with E-state index < -0.39 is 0 Å². The Morgan fingerprint density at radius 3 is 2.62 bits per heavy atom. The monoisotopic (exact) mass is 360 g/mol. The van der Waals surface area contributed by atoms with Crippen LogP contribution in [0.2, 0.25) is 0 Å². The molecule has 1 amide bonds. The Kier molecular flexibility index (Phi) is 4.37. The Morgan fingerprint density at radius 2 is 1.81 bits per heavy atom. The van der Waals surface area contributed by atoms with Crippen LogP contribution in [0.3, 0.4) is 0 Å². The first-order chi connectivity index (χ1) is 12.7. The molecule has 1 N–H and O–H groups in total. The van der Waals surface area contributed by atoms with Gasteiger partial charge in [-0.15, -0.1) is 0 Å². The third-order valence-corrected chi connectivity index (χ3v) is 4.88. The minimum atomic E-state index is -0.308. The van der Waals surface area contributed by atoms with Gasteiger partial charge < -0.3 is 4.42 Å². The smallest absolute Gasteiger partial charge is 0.293 e. The van der Waals surface area contributed by atoms with Crippen molar-refractivity contribution in [2.45, 2.75) is 6.92 Å². The molecule has 4 aromatic rings. The fourth-order valence-corrected chi connectivity index (χ4v) is 3.46. The van der Waals surface area contributed by atoms with Gasteiger partial charge in [-0.25, -0.2) is 4.98 Å². The zero-order valence-corrected chi connectivity index (χ0v) is 14.9. The lowest BCUT2D eigenvalue weighted by Crippen LogP contribution is -2.10. The molecule has 4 rings (SSSR count). The van der Waals surface area contributed by atoms with E-state index in [1.54, 1.807) is 18.3 Å². The number of nitrogens with zero attached hydrogens (tertiary/aromatic N) is 1. The zero-order valence-electron chi connectivity index (χ0n) is 14.1. The summed E-state index contributed by atoms with van der Waals surface area (Å²) in [5, 5.41) is 3.34. The number of furan rings is 1. The van der Waals surface area contributed by atoms with Gasteiger partial charge in [-0.3, -0.25) is 10.1 Å². The SMILES string of the molecule is Cc1cccc(-c2ccc(C(=O)Nc3ncc(-c4ccccc4)s3)o2)c1. The number of hydrogen-bond donors (Lipinski definition) is 1. The van der Waals surface area contributed by atoms with Crippen LogP contribution in [0.15, 0.2) is 77.3 Å². The van der Waals surface area contributed by atoms with Crippen LogP contribution in [-0.2, 0) is 0 Å². The van der Waals surface area contributed by atoms with Crippen LogP contribution in [0, 0.1) is 6.92 Å². The number of nitrogens with one attached hydrogen (secondary N) is 1. The highest BCUT2D eigenvalue weighted by Crippen LogP contribution is 2.29. The third kappa shape index (κ3) is 3.43. The molecule has 5 heteroatoms. The van der Waals surface area contributed by atoms with Gasteiger partial charge in [0.2, 0.25) is 0 Å². The molecule has 0 unspecified atom stereocenters. The van der Waals surface area contributed by atoms with Gasteiger partial charge in [-0.2, -0.15) is 0 Å². The summed E-state index contributed by atoms with van der Waals surface area (Å²) in [6, 6.07) is 21.4. The van der Waals surface area contributed by atoms with Crippen LogP contribution < -0.4 is 5.32 Å². The molecule has 0 bridgehead atoms. The van der Waals surface area contributed by atoms with E-state index >= 15 is 0 Å². The van der Waals surface area contributed by atoms with Gasteiger partial charge in [0.25, 0.3) is 5.91 Å². The summed E-state index contributed by atoms with van der Waals surface area (Å²) in [5.74, 6) is 0.624. The predicted molar refractivity (Wildman–Crippen MR) is 104 cm³/mol. The molecule has 2 aromatic carbocycles. The molecule has 4 nitrogen and oxygen atoms in total. The maximum absolute atomic E-state index is 12.4. The molecule has 0 radical (unpaired) electrons. The summed E-state index contributed by atoms with van der Waals surface area (Å²) in [6.07, 6.45) is 1.76. The zero-order chi connectivity index (χ0) is 17.9. The number of amides is 1. The normalized spacial score (nSPS) is 10.7. The first-order valence-corrected chi connectivity index (χ1v) is 9.00. The van der Waals surface area contributed by atoms with Crippen LogP contribution in [0.1, 0.15) is 16.1 Å². The van der Waals surface area contributed by atoms with Gasteiger partial charge in [-0.05, 0) is 30.7 Å². The molecule has 0 fully saturated rings. The highest BCUT2D eigenvalue weighted by atomic mass is 32.1. The van der Waals surface area contributed by atoms with Gasteiger partial charge in [0.05, 0.1) is 4.88 Å². The second-order valence-electron chi connectivity index (χ2n) is 5.88. The van der Waals surface area contributed by atoms with Gasteiger partial charge >= 0.3 is 0 Å². The van der Waals surface area contributed by atoms with Crippen LogP contribution >= 0.6 is 11.3 Å². The summed E-state index contributed by atoms with van der Waals surface area (Å²) in [5.41, 5.74) is 3.16. The standard InChI is InChI=1S/C21H16N2O2S/c1-14-6-5-9-16(12-14)17-10-11-18(25-17)20(24)23-21-22-13-19(26-21)15-7-3-2-4-8-15/h2-13H,1H3,(H,22,23,24). The Balaban J connectivity index is 1.50. The van der Waals surface area contributed by atoms with Crippen molar-refractivity contribution < 1.29 is 9.21 Å². The molecule has 2 heterocycles. The third-order valence-electron chi connectivity index (χ3n) is 3.92. The second kappa shape index (κ2) is 6.98. The van der Waals surface area contributed by atoms with E-state index in [0.717, 1.165) is 21.6 Å². The maximum Gasteiger partial charge on any atom is 0.293 e. The van der Waals surface area contributed by atoms with Crippen molar-refractivity contribution in [3.8, 4) is 21.8 Å². The molecule has 0 aliphatic heterocycles. The van der Waals surface area contributed by atoms with Crippen LogP contribution in [0.25, 0.3) is 21.8 Å². The van der Waals surface area contributed by atoms with Crippen LogP contribution in [0.5, 0.6) is 0 Å². The molecule has 0 aliphatic carbocycles. The minimum Gasteiger partial charge on any atom is -0.451 e. The molecular weight excluding hydrogens is 344 g/mol. The van der Waals surface area contributed by atoms with E-state index in [0.29, 0.717) is 10.9 Å². The molecule has 2 aromatic heterocycles. The average Bonchev–Trinajstić information content (AvgIpc) is 3.32. The second-order valence-corrected chi connectivity index (χ2v) is 6.91. The van der Waals surface area contributed by atoms with Crippen LogP contribution in [-0.4, -0.2) is 10.9 Å². The van der Waals surface area contributed by atoms with Gasteiger partial charge in [0.15, 0.2) is 10.9 Å². The Morgan fingerprint density at radius 1 is 1.00 bits per heavy atom. The highest BCUT2D eigenvalue weighted by Gasteiger charge is 2.14. The van der Waals surface area contributed by atoms with E-state index in [9.17, 15) is 4.79 Å². The molecule has 0 aliphatic rings. The Labute approximate surface area is 155 Å². The first kappa shape index (κ1) is 16.3. The number of carbonyl (C=O) groups is 1. The highest BCUT2D eigenvalue weighted by molar-refractivity contribution is 7.19. The van der Waals surface area contributed by atoms with E-state index in [-0.39, 0.29) is 11.7 Å². The average molecular weight is 360 g/mol. The molecule has 0 spiro atoms. The lowest BCUT2D eigenvalue weighted by atomic mass is 10.1. The summed E-state index contributed by atoms with van der Waals surface area (Å²) in [6.45, 7) is 2.02. The number of aromatic nitrogens is 1. The van der Waals surface area contributed by atoms with Crippen molar-refractivity contribution >= 4 is 22.4 Å². The number of benzene rings is 2. The fourth-order valence-electron chi connectivity index (χ4n) is 2.64. The van der Waals surface area contributed by atoms with Crippen molar-refractivity contribution in [3.05, 3.63) is 84.3 Å². The molecule has 26 heavy (non-hydrogen) atoms. The summed E-state index contributed by atoms with van der Waals surface area (Å²) in [7, 11) is 0. The Hall–Kier alpha value is -3.18. The van der Waals surface area contributed by atoms with Gasteiger partial charge in [0, 0.05) is 11.8 Å². The van der Waals surface area contributed by atoms with E-state index in [1.165, 1.54) is 11.3 Å². The van der Waals surface area contributed by atoms with Gasteiger partial charge in [0.1, 0.15) is 5.76 Å². The van der Waals surface area contributed by atoms with Crippen molar-refractivity contribution in [1.29, 1.82) is 0 Å². The van der Waals surface area contributed by atoms with E-state index in [4.69, 9.17) is 4.42 Å². The van der Waals surface area contributed by atoms with Gasteiger partial charge in [-0.1, -0.05) is 65.4 Å². The minimum absolute atomic E-state index is 0.262. The molecule has 0 saturated heterocycles. The topological polar surface area (TPSA) is 55.1 Å². The van der Waals surface area contributed by atoms with Crippen molar-refractivity contribution in [3.63, 3.8) is 0 Å². The largest absolute Gasteiger partial charge is 0.451 e. The quantitative estimate of drug-likeness (QED) is 0.513. The van der Waals surface area contributed by atoms with Crippen molar-refractivity contribution in [2.24, 2.45) is 0 Å². The van der Waals surface area contributed by atoms with Crippen molar-refractivity contribution in [2.75, 3.05) is 5.32 Å². The van der Waals surface area contributed by atoms with Crippen LogP contribution in [0.4, 0.5) is 5.13 Å². The summed E-state index contributed by atoms with van der Waals surface area (Å²) < 4.78 is 5.71. The summed E-state index contributed by atoms with van der Waals surface area (Å²) in [4.78, 5) is 17.7. The lowest BCUT2D eigenvalue weighted by Gasteiger charge is -2.00. The maximum atomic E-state index is 12.4. The summed E-state index contributed by atoms with van der Waals surface area (Å²) >= 11 is 1.43. The predicted octanol–water partition coefficient (Wildman–Crippen LogP) is 5.63. The number of thiazole rings is 1. The number of carbonyl (C=O) groups excluding carboxylic acids is 1. The lowest BCUT2D eigenvalue weighted by molar-refractivity contribution is 0.0997. The number of hydrogen-bond acceptors (Lipinski definition) is 4. The Bertz CT molecular complexity index is 1050. The first-order valence-electron chi connectivity index (χ1n) is 8.18. The number of anilines is 1. The molecule has 0 atom stereocenters. The number of rotatable bonds is 4. The molecule has 0 saturated carbocycles. The van der Waals surface area contributed by atoms with Crippen molar-refractivity contribution in [1.82, 2.24) is 4.98 Å². The van der Waals surface area contributed by atoms with E-state index in [2.05, 4.69) is 10.3 Å². The fraction of sp³-hybridized carbons (Fsp3) is 0.0476. The molecule has 128 valence electrons.